The van der Waals surface area contributed by atoms with Crippen molar-refractivity contribution in [1.29, 1.82) is 0 Å². The van der Waals surface area contributed by atoms with Crippen LogP contribution in [0, 0.1) is 0 Å². The summed E-state index contributed by atoms with van der Waals surface area (Å²) in [5.41, 5.74) is 1.79. The molecule has 1 aromatic heterocycles. The maximum absolute atomic E-state index is 12.7. The predicted octanol–water partition coefficient (Wildman–Crippen LogP) is 3.87. The zero-order valence-electron chi connectivity index (χ0n) is 21.0. The molecule has 0 aliphatic carbocycles. The Labute approximate surface area is 213 Å². The molecule has 1 heterocycles. The number of hydrogen-bond acceptors (Lipinski definition) is 8. The maximum Gasteiger partial charge on any atom is 0.310 e. The topological polar surface area (TPSA) is 103 Å². The van der Waals surface area contributed by atoms with Crippen molar-refractivity contribution >= 4 is 20.0 Å². The molecule has 36 heavy (non-hydrogen) atoms. The Kier molecular flexibility index (Phi) is 8.86. The highest BCUT2D eigenvalue weighted by atomic mass is 32.2. The molecule has 196 valence electrons. The Balaban J connectivity index is 1.64. The fourth-order valence-corrected chi connectivity index (χ4v) is 5.28. The smallest absolute Gasteiger partial charge is 0.310 e. The second-order valence-corrected chi connectivity index (χ2v) is 13.2. The van der Waals surface area contributed by atoms with Crippen LogP contribution in [0.5, 0.6) is 11.5 Å². The summed E-state index contributed by atoms with van der Waals surface area (Å²) in [6.45, 7) is 4.76. The van der Waals surface area contributed by atoms with Gasteiger partial charge in [0.2, 0.25) is 0 Å². The first-order valence-corrected chi connectivity index (χ1v) is 15.1. The molecule has 0 aliphatic rings. The molecular formula is C26H33NO7S2. The van der Waals surface area contributed by atoms with Gasteiger partial charge >= 0.3 is 10.1 Å². The van der Waals surface area contributed by atoms with Crippen LogP contribution in [0.4, 0.5) is 0 Å². The molecular weight excluding hydrogens is 502 g/mol. The molecule has 0 aliphatic heterocycles. The quantitative estimate of drug-likeness (QED) is 0.304. The van der Waals surface area contributed by atoms with E-state index in [1.165, 1.54) is 6.26 Å². The lowest BCUT2D eigenvalue weighted by Gasteiger charge is -2.26. The SMILES string of the molecule is COc1ccc(C(C)(C)c2ccc(OS(=O)(=O)CCN(CCS(C)(=O)=O)Cc3ccco3)cc2)cc1. The monoisotopic (exact) mass is 535 g/mol. The number of furan rings is 1. The largest absolute Gasteiger partial charge is 0.497 e. The van der Waals surface area contributed by atoms with E-state index in [9.17, 15) is 16.8 Å². The highest BCUT2D eigenvalue weighted by Gasteiger charge is 2.24. The molecule has 2 aromatic carbocycles. The maximum atomic E-state index is 12.7. The Hall–Kier alpha value is -2.82. The summed E-state index contributed by atoms with van der Waals surface area (Å²) in [5, 5.41) is 0. The van der Waals surface area contributed by atoms with Crippen molar-refractivity contribution in [3.63, 3.8) is 0 Å². The van der Waals surface area contributed by atoms with E-state index >= 15 is 0 Å². The molecule has 0 radical (unpaired) electrons. The van der Waals surface area contributed by atoms with E-state index < -0.39 is 20.0 Å². The van der Waals surface area contributed by atoms with Crippen molar-refractivity contribution in [2.45, 2.75) is 25.8 Å². The summed E-state index contributed by atoms with van der Waals surface area (Å²) in [6.07, 6.45) is 2.67. The van der Waals surface area contributed by atoms with Gasteiger partial charge in [0.1, 0.15) is 27.1 Å². The molecule has 0 atom stereocenters. The van der Waals surface area contributed by atoms with Crippen molar-refractivity contribution in [2.75, 3.05) is 38.0 Å². The lowest BCUT2D eigenvalue weighted by molar-refractivity contribution is 0.269. The first kappa shape index (κ1) is 27.8. The van der Waals surface area contributed by atoms with Gasteiger partial charge in [-0.3, -0.25) is 4.90 Å². The third-order valence-electron chi connectivity index (χ3n) is 6.01. The van der Waals surface area contributed by atoms with Crippen LogP contribution in [0.3, 0.4) is 0 Å². The summed E-state index contributed by atoms with van der Waals surface area (Å²) in [5.74, 6) is 1.24. The van der Waals surface area contributed by atoms with Crippen molar-refractivity contribution in [3.05, 3.63) is 83.8 Å². The highest BCUT2D eigenvalue weighted by Crippen LogP contribution is 2.33. The molecule has 0 saturated carbocycles. The molecule has 0 amide bonds. The van der Waals surface area contributed by atoms with Crippen LogP contribution in [0.1, 0.15) is 30.7 Å². The Morgan fingerprint density at radius 3 is 1.89 bits per heavy atom. The molecule has 0 spiro atoms. The van der Waals surface area contributed by atoms with Gasteiger partial charge in [-0.2, -0.15) is 8.42 Å². The van der Waals surface area contributed by atoms with Crippen LogP contribution in [-0.2, 0) is 31.9 Å². The molecule has 3 rings (SSSR count). The molecule has 0 fully saturated rings. The van der Waals surface area contributed by atoms with E-state index in [1.807, 2.05) is 36.4 Å². The number of benzene rings is 2. The number of rotatable bonds is 13. The molecule has 10 heteroatoms. The summed E-state index contributed by atoms with van der Waals surface area (Å²) in [6, 6.07) is 18.3. The minimum Gasteiger partial charge on any atom is -0.497 e. The van der Waals surface area contributed by atoms with E-state index in [2.05, 4.69) is 13.8 Å². The van der Waals surface area contributed by atoms with Gasteiger partial charge in [0.25, 0.3) is 0 Å². The Morgan fingerprint density at radius 2 is 1.39 bits per heavy atom. The fraction of sp³-hybridized carbons (Fsp3) is 0.385. The summed E-state index contributed by atoms with van der Waals surface area (Å²) >= 11 is 0. The van der Waals surface area contributed by atoms with Gasteiger partial charge in [-0.25, -0.2) is 8.42 Å². The molecule has 0 saturated heterocycles. The van der Waals surface area contributed by atoms with Crippen LogP contribution in [0.2, 0.25) is 0 Å². The second kappa shape index (κ2) is 11.5. The van der Waals surface area contributed by atoms with Crippen molar-refractivity contribution in [3.8, 4) is 11.5 Å². The van der Waals surface area contributed by atoms with E-state index in [-0.39, 0.29) is 35.8 Å². The normalized spacial score (nSPS) is 12.6. The average molecular weight is 536 g/mol. The molecule has 0 bridgehead atoms. The van der Waals surface area contributed by atoms with Crippen molar-refractivity contribution in [1.82, 2.24) is 4.90 Å². The van der Waals surface area contributed by atoms with Gasteiger partial charge in [-0.1, -0.05) is 38.1 Å². The van der Waals surface area contributed by atoms with Gasteiger partial charge in [0.15, 0.2) is 0 Å². The van der Waals surface area contributed by atoms with Crippen LogP contribution in [0.15, 0.2) is 71.3 Å². The number of sulfone groups is 1. The summed E-state index contributed by atoms with van der Waals surface area (Å²) in [7, 11) is -5.48. The first-order chi connectivity index (χ1) is 16.9. The zero-order valence-corrected chi connectivity index (χ0v) is 22.6. The van der Waals surface area contributed by atoms with Crippen molar-refractivity contribution < 1.29 is 30.2 Å². The number of hydrogen-bond donors (Lipinski definition) is 0. The number of ether oxygens (including phenoxy) is 1. The summed E-state index contributed by atoms with van der Waals surface area (Å²) in [4.78, 5) is 1.72. The van der Waals surface area contributed by atoms with E-state index in [4.69, 9.17) is 13.3 Å². The molecule has 0 N–H and O–H groups in total. The van der Waals surface area contributed by atoms with Crippen LogP contribution >= 0.6 is 0 Å². The molecule has 8 nitrogen and oxygen atoms in total. The minimum absolute atomic E-state index is 0.0833. The number of nitrogens with zero attached hydrogens (tertiary/aromatic N) is 1. The minimum atomic E-state index is -3.91. The average Bonchev–Trinajstić information content (AvgIpc) is 3.33. The van der Waals surface area contributed by atoms with Gasteiger partial charge in [-0.05, 0) is 47.5 Å². The van der Waals surface area contributed by atoms with Crippen LogP contribution < -0.4 is 8.92 Å². The van der Waals surface area contributed by atoms with Gasteiger partial charge < -0.3 is 13.3 Å². The van der Waals surface area contributed by atoms with E-state index in [0.717, 1.165) is 23.1 Å². The van der Waals surface area contributed by atoms with E-state index in [0.29, 0.717) is 12.3 Å². The lowest BCUT2D eigenvalue weighted by Crippen LogP contribution is -2.34. The van der Waals surface area contributed by atoms with Crippen LogP contribution in [-0.4, -0.2) is 59.7 Å². The fourth-order valence-electron chi connectivity index (χ4n) is 3.72. The Morgan fingerprint density at radius 1 is 0.833 bits per heavy atom. The second-order valence-electron chi connectivity index (χ2n) is 9.21. The van der Waals surface area contributed by atoms with Crippen molar-refractivity contribution in [2.24, 2.45) is 0 Å². The third kappa shape index (κ3) is 8.11. The predicted molar refractivity (Wildman–Crippen MR) is 140 cm³/mol. The third-order valence-corrected chi connectivity index (χ3v) is 8.06. The Bertz CT molecular complexity index is 1310. The molecule has 0 unspecified atom stereocenters. The van der Waals surface area contributed by atoms with E-state index in [1.54, 1.807) is 36.3 Å². The molecule has 3 aromatic rings. The van der Waals surface area contributed by atoms with Crippen LogP contribution in [0.25, 0.3) is 0 Å². The van der Waals surface area contributed by atoms with Gasteiger partial charge in [0.05, 0.1) is 31.4 Å². The van der Waals surface area contributed by atoms with Gasteiger partial charge in [-0.15, -0.1) is 0 Å². The highest BCUT2D eigenvalue weighted by molar-refractivity contribution is 7.90. The van der Waals surface area contributed by atoms with Gasteiger partial charge in [0, 0.05) is 24.8 Å². The lowest BCUT2D eigenvalue weighted by atomic mass is 9.78. The summed E-state index contributed by atoms with van der Waals surface area (Å²) < 4.78 is 64.4. The zero-order chi connectivity index (χ0) is 26.4. The first-order valence-electron chi connectivity index (χ1n) is 11.5. The standard InChI is InChI=1S/C26H33NO7S2/c1-26(2,21-7-11-23(32-3)12-8-21)22-9-13-24(14-10-22)34-36(30,31)19-16-27(15-18-35(4,28)29)20-25-6-5-17-33-25/h5-14,17H,15-16,18-20H2,1-4H3. The number of methoxy groups -OCH3 is 1.